The van der Waals surface area contributed by atoms with Gasteiger partial charge >= 0.3 is 0 Å². The molecule has 2 heterocycles. The van der Waals surface area contributed by atoms with Crippen LogP contribution in [0, 0.1) is 0 Å². The van der Waals surface area contributed by atoms with Crippen LogP contribution in [-0.4, -0.2) is 32.8 Å². The number of thioether (sulfide) groups is 2. The molecule has 2 atom stereocenters. The lowest BCUT2D eigenvalue weighted by Crippen LogP contribution is -2.36. The average molecular weight is 232 g/mol. The standard InChI is InChI=1S/C6H4N2O4S2/c9-3-1(13-5(11)7-3)2-4(10)8-6(12)14-2/h1-2H,(H,7,9,11)(H,8,10,12). The topological polar surface area (TPSA) is 92.3 Å². The van der Waals surface area contributed by atoms with Crippen LogP contribution in [0.2, 0.25) is 0 Å². The van der Waals surface area contributed by atoms with Crippen molar-refractivity contribution >= 4 is 45.8 Å². The van der Waals surface area contributed by atoms with Crippen molar-refractivity contribution in [3.63, 3.8) is 0 Å². The number of imide groups is 2. The van der Waals surface area contributed by atoms with Gasteiger partial charge in [0.1, 0.15) is 10.5 Å². The number of carbonyl (C=O) groups excluding carboxylic acids is 4. The van der Waals surface area contributed by atoms with Crippen molar-refractivity contribution in [2.45, 2.75) is 10.5 Å². The van der Waals surface area contributed by atoms with E-state index in [9.17, 15) is 19.2 Å². The Morgan fingerprint density at radius 2 is 1.14 bits per heavy atom. The Kier molecular flexibility index (Phi) is 2.23. The summed E-state index contributed by atoms with van der Waals surface area (Å²) in [7, 11) is 0. The van der Waals surface area contributed by atoms with E-state index in [-0.39, 0.29) is 0 Å². The van der Waals surface area contributed by atoms with Gasteiger partial charge in [-0.25, -0.2) is 0 Å². The zero-order chi connectivity index (χ0) is 10.3. The van der Waals surface area contributed by atoms with Crippen molar-refractivity contribution in [3.05, 3.63) is 0 Å². The maximum absolute atomic E-state index is 11.2. The summed E-state index contributed by atoms with van der Waals surface area (Å²) in [5.74, 6) is -1.02. The highest BCUT2D eigenvalue weighted by molar-refractivity contribution is 8.19. The fourth-order valence-corrected chi connectivity index (χ4v) is 3.08. The lowest BCUT2D eigenvalue weighted by molar-refractivity contribution is -0.123. The van der Waals surface area contributed by atoms with E-state index < -0.39 is 32.8 Å². The SMILES string of the molecule is O=C1NC(=O)C(C2SC(=O)NC2=O)S1. The molecule has 2 fully saturated rings. The van der Waals surface area contributed by atoms with E-state index in [0.717, 1.165) is 23.5 Å². The molecule has 0 aromatic heterocycles. The Hall–Kier alpha value is -1.02. The molecule has 0 aromatic carbocycles. The second kappa shape index (κ2) is 3.28. The molecule has 2 unspecified atom stereocenters. The largest absolute Gasteiger partial charge is 0.286 e. The van der Waals surface area contributed by atoms with Gasteiger partial charge in [-0.1, -0.05) is 0 Å². The summed E-state index contributed by atoms with van der Waals surface area (Å²) in [6, 6.07) is 0. The Morgan fingerprint density at radius 1 is 0.786 bits per heavy atom. The number of nitrogens with one attached hydrogen (secondary N) is 2. The first kappa shape index (κ1) is 9.53. The minimum absolute atomic E-state index is 0.479. The van der Waals surface area contributed by atoms with Crippen molar-refractivity contribution in [2.75, 3.05) is 0 Å². The van der Waals surface area contributed by atoms with Crippen LogP contribution in [-0.2, 0) is 9.59 Å². The van der Waals surface area contributed by atoms with Crippen LogP contribution < -0.4 is 10.6 Å². The van der Waals surface area contributed by atoms with Crippen LogP contribution >= 0.6 is 23.5 Å². The summed E-state index contributed by atoms with van der Waals surface area (Å²) >= 11 is 1.49. The molecule has 2 N–H and O–H groups in total. The second-order valence-corrected chi connectivity index (χ2v) is 4.86. The third-order valence-electron chi connectivity index (χ3n) is 1.71. The summed E-state index contributed by atoms with van der Waals surface area (Å²) in [4.78, 5) is 44.0. The Bertz CT molecular complexity index is 322. The van der Waals surface area contributed by atoms with Crippen LogP contribution in [0.15, 0.2) is 0 Å². The molecule has 2 aliphatic rings. The summed E-state index contributed by atoms with van der Waals surface area (Å²) in [6.45, 7) is 0. The Balaban J connectivity index is 2.16. The van der Waals surface area contributed by atoms with Crippen molar-refractivity contribution < 1.29 is 19.2 Å². The first-order valence-electron chi connectivity index (χ1n) is 3.61. The molecule has 0 radical (unpaired) electrons. The third kappa shape index (κ3) is 1.50. The van der Waals surface area contributed by atoms with Gasteiger partial charge in [0.15, 0.2) is 0 Å². The smallest absolute Gasteiger partial charge is 0.286 e. The maximum Gasteiger partial charge on any atom is 0.286 e. The van der Waals surface area contributed by atoms with Gasteiger partial charge < -0.3 is 0 Å². The predicted molar refractivity (Wildman–Crippen MR) is 49.8 cm³/mol. The van der Waals surface area contributed by atoms with Crippen molar-refractivity contribution in [3.8, 4) is 0 Å². The summed E-state index contributed by atoms with van der Waals surface area (Å²) in [6.07, 6.45) is 0. The highest BCUT2D eigenvalue weighted by Gasteiger charge is 2.46. The molecule has 0 saturated carbocycles. The molecule has 2 aliphatic heterocycles. The molecular weight excluding hydrogens is 228 g/mol. The van der Waals surface area contributed by atoms with E-state index >= 15 is 0 Å². The van der Waals surface area contributed by atoms with E-state index in [0.29, 0.717) is 0 Å². The monoisotopic (exact) mass is 232 g/mol. The molecule has 74 valence electrons. The van der Waals surface area contributed by atoms with Crippen LogP contribution in [0.4, 0.5) is 9.59 Å². The van der Waals surface area contributed by atoms with Crippen LogP contribution in [0.3, 0.4) is 0 Å². The molecule has 8 heteroatoms. The molecule has 0 aliphatic carbocycles. The number of rotatable bonds is 1. The molecule has 6 nitrogen and oxygen atoms in total. The summed E-state index contributed by atoms with van der Waals surface area (Å²) in [5, 5.41) is 1.58. The molecule has 0 aromatic rings. The molecular formula is C6H4N2O4S2. The maximum atomic E-state index is 11.2. The fourth-order valence-electron chi connectivity index (χ4n) is 1.14. The van der Waals surface area contributed by atoms with Crippen molar-refractivity contribution in [1.29, 1.82) is 0 Å². The van der Waals surface area contributed by atoms with Gasteiger partial charge in [-0.15, -0.1) is 0 Å². The third-order valence-corrected chi connectivity index (χ3v) is 4.00. The molecule has 0 bridgehead atoms. The molecule has 14 heavy (non-hydrogen) atoms. The van der Waals surface area contributed by atoms with Crippen LogP contribution in [0.5, 0.6) is 0 Å². The molecule has 4 amide bonds. The number of carbonyl (C=O) groups is 4. The highest BCUT2D eigenvalue weighted by Crippen LogP contribution is 2.32. The quantitative estimate of drug-likeness (QED) is 0.644. The van der Waals surface area contributed by atoms with E-state index in [4.69, 9.17) is 0 Å². The van der Waals surface area contributed by atoms with Crippen LogP contribution in [0.25, 0.3) is 0 Å². The van der Waals surface area contributed by atoms with Gasteiger partial charge in [-0.3, -0.25) is 29.8 Å². The highest BCUT2D eigenvalue weighted by atomic mass is 32.2. The van der Waals surface area contributed by atoms with Gasteiger partial charge in [0.25, 0.3) is 10.5 Å². The second-order valence-electron chi connectivity index (χ2n) is 2.63. The lowest BCUT2D eigenvalue weighted by atomic mass is 10.2. The predicted octanol–water partition coefficient (Wildman–Crippen LogP) is -0.310. The van der Waals surface area contributed by atoms with Gasteiger partial charge in [-0.05, 0) is 23.5 Å². The number of amides is 4. The van der Waals surface area contributed by atoms with Crippen LogP contribution in [0.1, 0.15) is 0 Å². The lowest BCUT2D eigenvalue weighted by Gasteiger charge is -2.07. The van der Waals surface area contributed by atoms with Gasteiger partial charge in [0.2, 0.25) is 11.8 Å². The zero-order valence-electron chi connectivity index (χ0n) is 6.60. The Morgan fingerprint density at radius 3 is 1.36 bits per heavy atom. The number of hydrogen-bond donors (Lipinski definition) is 2. The van der Waals surface area contributed by atoms with E-state index in [2.05, 4.69) is 10.6 Å². The molecule has 2 rings (SSSR count). The normalized spacial score (nSPS) is 32.0. The van der Waals surface area contributed by atoms with Gasteiger partial charge in [0.05, 0.1) is 0 Å². The summed E-state index contributed by atoms with van der Waals surface area (Å²) < 4.78 is 0. The minimum atomic E-state index is -0.793. The first-order valence-corrected chi connectivity index (χ1v) is 5.37. The molecule has 0 spiro atoms. The Labute approximate surface area is 86.5 Å². The minimum Gasteiger partial charge on any atom is -0.286 e. The fraction of sp³-hybridized carbons (Fsp3) is 0.333. The molecule has 2 saturated heterocycles. The summed E-state index contributed by atoms with van der Waals surface area (Å²) in [5.41, 5.74) is 0. The van der Waals surface area contributed by atoms with Gasteiger partial charge in [0, 0.05) is 0 Å². The van der Waals surface area contributed by atoms with Crippen molar-refractivity contribution in [2.24, 2.45) is 0 Å². The van der Waals surface area contributed by atoms with E-state index in [1.807, 2.05) is 0 Å². The van der Waals surface area contributed by atoms with Gasteiger partial charge in [-0.2, -0.15) is 0 Å². The number of hydrogen-bond acceptors (Lipinski definition) is 6. The van der Waals surface area contributed by atoms with E-state index in [1.54, 1.807) is 0 Å². The van der Waals surface area contributed by atoms with E-state index in [1.165, 1.54) is 0 Å². The average Bonchev–Trinajstić information content (AvgIpc) is 2.55. The van der Waals surface area contributed by atoms with Crippen molar-refractivity contribution in [1.82, 2.24) is 10.6 Å². The zero-order valence-corrected chi connectivity index (χ0v) is 8.24. The first-order chi connectivity index (χ1) is 6.58.